The van der Waals surface area contributed by atoms with E-state index < -0.39 is 6.10 Å². The van der Waals surface area contributed by atoms with Gasteiger partial charge in [0.05, 0.1) is 23.4 Å². The molecule has 4 nitrogen and oxygen atoms in total. The molecule has 0 aromatic carbocycles. The summed E-state index contributed by atoms with van der Waals surface area (Å²) >= 11 is 6.22. The Morgan fingerprint density at radius 3 is 2.84 bits per heavy atom. The van der Waals surface area contributed by atoms with Crippen LogP contribution in [0.2, 0.25) is 5.02 Å². The molecule has 0 bridgehead atoms. The molecule has 6 heteroatoms. The van der Waals surface area contributed by atoms with Crippen molar-refractivity contribution in [1.82, 2.24) is 10.3 Å². The fourth-order valence-corrected chi connectivity index (χ4v) is 2.31. The molecule has 1 atom stereocenters. The summed E-state index contributed by atoms with van der Waals surface area (Å²) in [7, 11) is 0. The number of halogens is 2. The molecular weight excluding hydrogens is 287 g/mol. The second kappa shape index (κ2) is 7.82. The number of aliphatic hydroxyl groups is 2. The van der Waals surface area contributed by atoms with Gasteiger partial charge in [-0.2, -0.15) is 0 Å². The molecule has 0 spiro atoms. The number of hydrogen-bond acceptors (Lipinski definition) is 4. The Morgan fingerprint density at radius 2 is 2.26 bits per heavy atom. The molecule has 19 heavy (non-hydrogen) atoms. The molecule has 0 aliphatic carbocycles. The highest BCUT2D eigenvalue weighted by molar-refractivity contribution is 6.32. The Labute approximate surface area is 123 Å². The van der Waals surface area contributed by atoms with Crippen LogP contribution in [0.1, 0.15) is 17.7 Å². The Balaban J connectivity index is 0.00000180. The Hall–Kier alpha value is -0.650. The molecule has 0 radical (unpaired) electrons. The summed E-state index contributed by atoms with van der Waals surface area (Å²) < 4.78 is 0. The maximum Gasteiger partial charge on any atom is 0.0845 e. The normalized spacial score (nSPS) is 16.5. The van der Waals surface area contributed by atoms with Crippen LogP contribution in [0.3, 0.4) is 0 Å². The third kappa shape index (κ3) is 4.44. The zero-order valence-corrected chi connectivity index (χ0v) is 12.0. The van der Waals surface area contributed by atoms with E-state index in [9.17, 15) is 5.11 Å². The zero-order chi connectivity index (χ0) is 13.0. The van der Waals surface area contributed by atoms with Crippen molar-refractivity contribution < 1.29 is 10.2 Å². The summed E-state index contributed by atoms with van der Waals surface area (Å²) in [4.78, 5) is 4.37. The second-order valence-electron chi connectivity index (χ2n) is 4.40. The molecule has 0 fully saturated rings. The van der Waals surface area contributed by atoms with Gasteiger partial charge in [0.25, 0.3) is 0 Å². The molecule has 0 unspecified atom stereocenters. The number of rotatable bonds is 4. The van der Waals surface area contributed by atoms with E-state index in [-0.39, 0.29) is 19.0 Å². The number of aromatic nitrogens is 1. The minimum absolute atomic E-state index is 0. The molecule has 1 aromatic heterocycles. The van der Waals surface area contributed by atoms with Crippen molar-refractivity contribution in [3.63, 3.8) is 0 Å². The minimum Gasteiger partial charge on any atom is -0.394 e. The van der Waals surface area contributed by atoms with Crippen molar-refractivity contribution in [2.45, 2.75) is 18.9 Å². The molecule has 0 saturated carbocycles. The van der Waals surface area contributed by atoms with Crippen molar-refractivity contribution >= 4 is 29.6 Å². The first-order valence-electron chi connectivity index (χ1n) is 6.04. The van der Waals surface area contributed by atoms with Crippen molar-refractivity contribution in [3.05, 3.63) is 34.6 Å². The SMILES string of the molecule is Cl.OC[C@H](O)Cc1cnc(C2=CCNCC2)c(Cl)c1. The minimum atomic E-state index is -0.758. The van der Waals surface area contributed by atoms with Gasteiger partial charge in [-0.1, -0.05) is 17.7 Å². The first-order valence-corrected chi connectivity index (χ1v) is 6.42. The molecule has 106 valence electrons. The molecule has 1 aliphatic rings. The van der Waals surface area contributed by atoms with Gasteiger partial charge in [0, 0.05) is 19.2 Å². The lowest BCUT2D eigenvalue weighted by Crippen LogP contribution is -2.20. The number of aliphatic hydroxyl groups excluding tert-OH is 2. The standard InChI is InChI=1S/C13H17ClN2O2.ClH/c14-12-6-9(5-11(18)8-17)7-16-13(12)10-1-3-15-4-2-10;/h1,6-7,11,15,17-18H,2-5,8H2;1H/t11-;/m1./s1. The highest BCUT2D eigenvalue weighted by atomic mass is 35.5. The van der Waals surface area contributed by atoms with Crippen LogP contribution in [0.15, 0.2) is 18.3 Å². The topological polar surface area (TPSA) is 65.4 Å². The van der Waals surface area contributed by atoms with E-state index in [1.807, 2.05) is 6.07 Å². The number of nitrogens with zero attached hydrogens (tertiary/aromatic N) is 1. The van der Waals surface area contributed by atoms with Gasteiger partial charge in [0.1, 0.15) is 0 Å². The van der Waals surface area contributed by atoms with Crippen molar-refractivity contribution in [3.8, 4) is 0 Å². The smallest absolute Gasteiger partial charge is 0.0845 e. The monoisotopic (exact) mass is 304 g/mol. The maximum absolute atomic E-state index is 9.38. The molecule has 1 aliphatic heterocycles. The van der Waals surface area contributed by atoms with Crippen LogP contribution >= 0.6 is 24.0 Å². The van der Waals surface area contributed by atoms with E-state index in [1.165, 1.54) is 0 Å². The average molecular weight is 305 g/mol. The summed E-state index contributed by atoms with van der Waals surface area (Å²) in [5.74, 6) is 0. The first kappa shape index (κ1) is 16.4. The number of nitrogens with one attached hydrogen (secondary N) is 1. The van der Waals surface area contributed by atoms with Gasteiger partial charge in [-0.25, -0.2) is 0 Å². The third-order valence-electron chi connectivity index (χ3n) is 2.95. The van der Waals surface area contributed by atoms with Gasteiger partial charge in [-0.05, 0) is 30.2 Å². The average Bonchev–Trinajstić information content (AvgIpc) is 2.40. The lowest BCUT2D eigenvalue weighted by molar-refractivity contribution is 0.0954. The van der Waals surface area contributed by atoms with Gasteiger partial charge < -0.3 is 15.5 Å². The van der Waals surface area contributed by atoms with E-state index in [0.29, 0.717) is 11.4 Å². The molecule has 2 rings (SSSR count). The number of hydrogen-bond donors (Lipinski definition) is 3. The van der Waals surface area contributed by atoms with Gasteiger partial charge >= 0.3 is 0 Å². The lowest BCUT2D eigenvalue weighted by atomic mass is 10.0. The van der Waals surface area contributed by atoms with Crippen LogP contribution < -0.4 is 5.32 Å². The Bertz CT molecular complexity index is 452. The van der Waals surface area contributed by atoms with Gasteiger partial charge in [0.2, 0.25) is 0 Å². The fourth-order valence-electron chi connectivity index (χ4n) is 2.00. The van der Waals surface area contributed by atoms with Crippen molar-refractivity contribution in [2.75, 3.05) is 19.7 Å². The van der Waals surface area contributed by atoms with E-state index >= 15 is 0 Å². The van der Waals surface area contributed by atoms with Gasteiger partial charge in [-0.3, -0.25) is 4.98 Å². The lowest BCUT2D eigenvalue weighted by Gasteiger charge is -2.15. The quantitative estimate of drug-likeness (QED) is 0.787. The molecule has 1 aromatic rings. The maximum atomic E-state index is 9.38. The predicted molar refractivity (Wildman–Crippen MR) is 78.8 cm³/mol. The van der Waals surface area contributed by atoms with Crippen LogP contribution in [0.4, 0.5) is 0 Å². The van der Waals surface area contributed by atoms with Gasteiger partial charge in [0.15, 0.2) is 0 Å². The van der Waals surface area contributed by atoms with Crippen LogP contribution in [-0.2, 0) is 6.42 Å². The van der Waals surface area contributed by atoms with Crippen molar-refractivity contribution in [2.24, 2.45) is 0 Å². The third-order valence-corrected chi connectivity index (χ3v) is 3.24. The Morgan fingerprint density at radius 1 is 1.47 bits per heavy atom. The summed E-state index contributed by atoms with van der Waals surface area (Å²) in [5.41, 5.74) is 2.81. The summed E-state index contributed by atoms with van der Waals surface area (Å²) in [5, 5.41) is 22.0. The van der Waals surface area contributed by atoms with E-state index in [2.05, 4.69) is 16.4 Å². The molecule has 3 N–H and O–H groups in total. The van der Waals surface area contributed by atoms with Gasteiger partial charge in [-0.15, -0.1) is 12.4 Å². The van der Waals surface area contributed by atoms with Crippen LogP contribution in [0.5, 0.6) is 0 Å². The molecule has 2 heterocycles. The number of pyridine rings is 1. The summed E-state index contributed by atoms with van der Waals surface area (Å²) in [6.45, 7) is 1.53. The first-order chi connectivity index (χ1) is 8.70. The largest absolute Gasteiger partial charge is 0.394 e. The highest BCUT2D eigenvalue weighted by Gasteiger charge is 2.12. The van der Waals surface area contributed by atoms with Crippen LogP contribution in [0.25, 0.3) is 5.57 Å². The summed E-state index contributed by atoms with van der Waals surface area (Å²) in [6.07, 6.45) is 4.34. The summed E-state index contributed by atoms with van der Waals surface area (Å²) in [6, 6.07) is 1.81. The molecular formula is C13H18Cl2N2O2. The predicted octanol–water partition coefficient (Wildman–Crippen LogP) is 1.43. The second-order valence-corrected chi connectivity index (χ2v) is 4.81. The fraction of sp³-hybridized carbons (Fsp3) is 0.462. The Kier molecular flexibility index (Phi) is 6.75. The van der Waals surface area contributed by atoms with Crippen LogP contribution in [-0.4, -0.2) is 41.0 Å². The van der Waals surface area contributed by atoms with Crippen molar-refractivity contribution in [1.29, 1.82) is 0 Å². The molecule has 0 saturated heterocycles. The van der Waals surface area contributed by atoms with E-state index in [4.69, 9.17) is 16.7 Å². The van der Waals surface area contributed by atoms with E-state index in [1.54, 1.807) is 6.20 Å². The molecule has 0 amide bonds. The zero-order valence-electron chi connectivity index (χ0n) is 10.5. The van der Waals surface area contributed by atoms with Crippen LogP contribution in [0, 0.1) is 0 Å². The van der Waals surface area contributed by atoms with E-state index in [0.717, 1.165) is 36.3 Å². The highest BCUT2D eigenvalue weighted by Crippen LogP contribution is 2.26.